The number of thiazole rings is 1. The molecule has 0 fully saturated rings. The third-order valence-corrected chi connectivity index (χ3v) is 6.00. The van der Waals surface area contributed by atoms with E-state index in [4.69, 9.17) is 11.6 Å². The lowest BCUT2D eigenvalue weighted by atomic mass is 10.2. The molecular formula is C14H17ClN2O2S2. The Morgan fingerprint density at radius 2 is 2.14 bits per heavy atom. The third kappa shape index (κ3) is 3.83. The number of halogens is 1. The molecule has 1 aromatic heterocycles. The highest BCUT2D eigenvalue weighted by atomic mass is 35.5. The van der Waals surface area contributed by atoms with Gasteiger partial charge in [-0.15, -0.1) is 11.3 Å². The maximum Gasteiger partial charge on any atom is 0.178 e. The first kappa shape index (κ1) is 16.4. The Kier molecular flexibility index (Phi) is 5.37. The van der Waals surface area contributed by atoms with Crippen LogP contribution in [0.4, 0.5) is 0 Å². The number of likely N-dealkylation sites (N-methyl/N-ethyl adjacent to an activating group) is 1. The minimum atomic E-state index is -3.31. The van der Waals surface area contributed by atoms with Crippen LogP contribution in [0.15, 0.2) is 28.5 Å². The number of hydrogen-bond acceptors (Lipinski definition) is 5. The molecule has 4 nitrogen and oxygen atoms in total. The van der Waals surface area contributed by atoms with Gasteiger partial charge >= 0.3 is 0 Å². The Hall–Kier alpha value is -0.950. The first-order valence-corrected chi connectivity index (χ1v) is 9.50. The Morgan fingerprint density at radius 3 is 2.81 bits per heavy atom. The van der Waals surface area contributed by atoms with E-state index in [0.29, 0.717) is 21.2 Å². The van der Waals surface area contributed by atoms with E-state index in [0.717, 1.165) is 18.0 Å². The molecule has 2 rings (SSSR count). The van der Waals surface area contributed by atoms with Crippen molar-refractivity contribution in [1.29, 1.82) is 0 Å². The molecule has 1 N–H and O–H groups in total. The molecule has 0 spiro atoms. The number of aromatic nitrogens is 1. The zero-order valence-corrected chi connectivity index (χ0v) is 14.3. The summed E-state index contributed by atoms with van der Waals surface area (Å²) in [5.41, 5.74) is 1.25. The summed E-state index contributed by atoms with van der Waals surface area (Å²) >= 11 is 7.55. The van der Waals surface area contributed by atoms with Gasteiger partial charge in [-0.05, 0) is 25.2 Å². The van der Waals surface area contributed by atoms with Crippen molar-refractivity contribution < 1.29 is 8.42 Å². The maximum atomic E-state index is 12.2. The van der Waals surface area contributed by atoms with Gasteiger partial charge in [0.05, 0.1) is 21.3 Å². The fourth-order valence-corrected chi connectivity index (χ4v) is 3.97. The normalized spacial score (nSPS) is 11.8. The molecule has 0 aliphatic carbocycles. The van der Waals surface area contributed by atoms with Crippen LogP contribution in [0.1, 0.15) is 11.9 Å². The molecular weight excluding hydrogens is 328 g/mol. The summed E-state index contributed by atoms with van der Waals surface area (Å²) in [6.07, 6.45) is 0.817. The summed E-state index contributed by atoms with van der Waals surface area (Å²) in [5, 5.41) is 6.42. The van der Waals surface area contributed by atoms with Gasteiger partial charge < -0.3 is 5.32 Å². The van der Waals surface area contributed by atoms with Crippen molar-refractivity contribution in [3.8, 4) is 11.3 Å². The zero-order chi connectivity index (χ0) is 15.5. The van der Waals surface area contributed by atoms with E-state index in [1.165, 1.54) is 11.3 Å². The highest BCUT2D eigenvalue weighted by Gasteiger charge is 2.19. The molecule has 0 saturated heterocycles. The third-order valence-electron chi connectivity index (χ3n) is 3.07. The van der Waals surface area contributed by atoms with Gasteiger partial charge in [-0.2, -0.15) is 0 Å². The summed E-state index contributed by atoms with van der Waals surface area (Å²) in [7, 11) is -1.42. The Morgan fingerprint density at radius 1 is 1.38 bits per heavy atom. The molecule has 0 amide bonds. The topological polar surface area (TPSA) is 59.1 Å². The smallest absolute Gasteiger partial charge is 0.178 e. The van der Waals surface area contributed by atoms with E-state index in [2.05, 4.69) is 10.3 Å². The molecule has 0 unspecified atom stereocenters. The monoisotopic (exact) mass is 344 g/mol. The van der Waals surface area contributed by atoms with Crippen molar-refractivity contribution in [2.45, 2.75) is 18.2 Å². The van der Waals surface area contributed by atoms with Crippen molar-refractivity contribution in [2.24, 2.45) is 0 Å². The zero-order valence-electron chi connectivity index (χ0n) is 11.9. The molecule has 21 heavy (non-hydrogen) atoms. The van der Waals surface area contributed by atoms with Crippen LogP contribution >= 0.6 is 22.9 Å². The Labute approximate surface area is 134 Å². The van der Waals surface area contributed by atoms with E-state index < -0.39 is 9.84 Å². The van der Waals surface area contributed by atoms with Gasteiger partial charge in [-0.1, -0.05) is 18.5 Å². The summed E-state index contributed by atoms with van der Waals surface area (Å²) < 4.78 is 24.4. The maximum absolute atomic E-state index is 12.2. The number of hydrogen-bond donors (Lipinski definition) is 1. The van der Waals surface area contributed by atoms with E-state index in [1.807, 2.05) is 12.4 Å². The van der Waals surface area contributed by atoms with Gasteiger partial charge in [-0.25, -0.2) is 13.4 Å². The first-order valence-electron chi connectivity index (χ1n) is 6.59. The van der Waals surface area contributed by atoms with Crippen LogP contribution < -0.4 is 5.32 Å². The minimum absolute atomic E-state index is 0.0539. The fraction of sp³-hybridized carbons (Fsp3) is 0.357. The highest BCUT2D eigenvalue weighted by Crippen LogP contribution is 2.31. The quantitative estimate of drug-likeness (QED) is 0.875. The van der Waals surface area contributed by atoms with Gasteiger partial charge in [0.2, 0.25) is 0 Å². The van der Waals surface area contributed by atoms with Gasteiger partial charge in [0.1, 0.15) is 0 Å². The molecule has 0 radical (unpaired) electrons. The minimum Gasteiger partial charge on any atom is -0.319 e. The second-order valence-electron chi connectivity index (χ2n) is 4.52. The largest absolute Gasteiger partial charge is 0.319 e. The number of benzene rings is 1. The Bertz CT molecular complexity index is 726. The second-order valence-corrected chi connectivity index (χ2v) is 8.15. The van der Waals surface area contributed by atoms with Crippen LogP contribution in [0, 0.1) is 0 Å². The molecule has 0 atom stereocenters. The van der Waals surface area contributed by atoms with Crippen molar-refractivity contribution in [1.82, 2.24) is 10.3 Å². The fourth-order valence-electron chi connectivity index (χ4n) is 1.91. The van der Waals surface area contributed by atoms with Gasteiger partial charge in [0, 0.05) is 28.9 Å². The van der Waals surface area contributed by atoms with E-state index in [9.17, 15) is 8.42 Å². The Balaban J connectivity index is 2.47. The lowest BCUT2D eigenvalue weighted by Crippen LogP contribution is -2.10. The van der Waals surface area contributed by atoms with Crippen LogP contribution in [-0.2, 0) is 16.3 Å². The van der Waals surface area contributed by atoms with E-state index in [-0.39, 0.29) is 5.75 Å². The highest BCUT2D eigenvalue weighted by molar-refractivity contribution is 7.91. The predicted molar refractivity (Wildman–Crippen MR) is 87.9 cm³/mol. The number of rotatable bonds is 6. The summed E-state index contributed by atoms with van der Waals surface area (Å²) in [5.74, 6) is 0.0539. The van der Waals surface area contributed by atoms with Crippen molar-refractivity contribution >= 4 is 32.8 Å². The van der Waals surface area contributed by atoms with Gasteiger partial charge in [-0.3, -0.25) is 0 Å². The average Bonchev–Trinajstić information content (AvgIpc) is 2.93. The molecule has 0 aliphatic heterocycles. The lowest BCUT2D eigenvalue weighted by molar-refractivity contribution is 0.597. The lowest BCUT2D eigenvalue weighted by Gasteiger charge is -2.08. The number of sulfone groups is 1. The van der Waals surface area contributed by atoms with Crippen LogP contribution in [0.2, 0.25) is 5.02 Å². The average molecular weight is 345 g/mol. The first-order chi connectivity index (χ1) is 9.97. The second kappa shape index (κ2) is 6.87. The van der Waals surface area contributed by atoms with Crippen molar-refractivity contribution in [2.75, 3.05) is 19.3 Å². The SMILES string of the molecule is CCS(=O)(=O)c1ccc(Cl)cc1-c1csc(CCNC)n1. The van der Waals surface area contributed by atoms with Crippen LogP contribution in [0.3, 0.4) is 0 Å². The summed E-state index contributed by atoms with van der Waals surface area (Å²) in [4.78, 5) is 4.81. The molecule has 2 aromatic rings. The molecule has 0 bridgehead atoms. The van der Waals surface area contributed by atoms with Crippen LogP contribution in [0.5, 0.6) is 0 Å². The van der Waals surface area contributed by atoms with E-state index in [1.54, 1.807) is 25.1 Å². The summed E-state index contributed by atoms with van der Waals surface area (Å²) in [6.45, 7) is 2.47. The van der Waals surface area contributed by atoms with Crippen molar-refractivity contribution in [3.63, 3.8) is 0 Å². The summed E-state index contributed by atoms with van der Waals surface area (Å²) in [6, 6.07) is 4.83. The number of nitrogens with zero attached hydrogens (tertiary/aromatic N) is 1. The van der Waals surface area contributed by atoms with Crippen LogP contribution in [0.25, 0.3) is 11.3 Å². The number of nitrogens with one attached hydrogen (secondary N) is 1. The van der Waals surface area contributed by atoms with Crippen LogP contribution in [-0.4, -0.2) is 32.7 Å². The molecule has 1 aromatic carbocycles. The standard InChI is InChI=1S/C14H17ClN2O2S2/c1-3-21(18,19)13-5-4-10(15)8-11(13)12-9-20-14(17-12)6-7-16-2/h4-5,8-9,16H,3,6-7H2,1-2H3. The van der Waals surface area contributed by atoms with E-state index >= 15 is 0 Å². The molecule has 0 aliphatic rings. The van der Waals surface area contributed by atoms with Gasteiger partial charge in [0.25, 0.3) is 0 Å². The van der Waals surface area contributed by atoms with Gasteiger partial charge in [0.15, 0.2) is 9.84 Å². The molecule has 114 valence electrons. The van der Waals surface area contributed by atoms with Crippen molar-refractivity contribution in [3.05, 3.63) is 33.6 Å². The predicted octanol–water partition coefficient (Wildman–Crippen LogP) is 3.02. The molecule has 1 heterocycles. The molecule has 0 saturated carbocycles. The molecule has 7 heteroatoms.